The number of ether oxygens (including phenoxy) is 1. The zero-order chi connectivity index (χ0) is 17.9. The summed E-state index contributed by atoms with van der Waals surface area (Å²) in [5, 5.41) is 12.6. The molecule has 134 valence electrons. The van der Waals surface area contributed by atoms with Crippen LogP contribution in [0.15, 0.2) is 30.3 Å². The van der Waals surface area contributed by atoms with Crippen LogP contribution < -0.4 is 10.1 Å². The molecule has 0 bridgehead atoms. The van der Waals surface area contributed by atoms with Crippen molar-refractivity contribution in [2.75, 3.05) is 19.7 Å². The third-order valence-electron chi connectivity index (χ3n) is 5.57. The van der Waals surface area contributed by atoms with Gasteiger partial charge in [-0.25, -0.2) is 0 Å². The fraction of sp³-hybridized carbons (Fsp3) is 0.600. The Morgan fingerprint density at radius 3 is 2.88 bits per heavy atom. The lowest BCUT2D eigenvalue weighted by Gasteiger charge is -2.31. The third-order valence-corrected chi connectivity index (χ3v) is 5.57. The summed E-state index contributed by atoms with van der Waals surface area (Å²) in [5.41, 5.74) is -0.0302. The van der Waals surface area contributed by atoms with E-state index in [1.165, 1.54) is 0 Å². The lowest BCUT2D eigenvalue weighted by atomic mass is 9.78. The van der Waals surface area contributed by atoms with Crippen LogP contribution in [0.25, 0.3) is 0 Å². The van der Waals surface area contributed by atoms with E-state index in [1.54, 1.807) is 4.90 Å². The Labute approximate surface area is 150 Å². The van der Waals surface area contributed by atoms with E-state index in [1.807, 2.05) is 30.3 Å². The summed E-state index contributed by atoms with van der Waals surface area (Å²) in [5.74, 6) is 1.34. The average molecular weight is 341 g/mol. The molecule has 3 atom stereocenters. The van der Waals surface area contributed by atoms with E-state index in [0.29, 0.717) is 19.1 Å². The number of hydrogen-bond donors (Lipinski definition) is 1. The number of likely N-dealkylation sites (tertiary alicyclic amines) is 1. The molecule has 0 aromatic heterocycles. The summed E-state index contributed by atoms with van der Waals surface area (Å²) in [4.78, 5) is 14.5. The highest BCUT2D eigenvalue weighted by Crippen LogP contribution is 2.35. The number of nitriles is 1. The predicted octanol–water partition coefficient (Wildman–Crippen LogP) is 2.58. The van der Waals surface area contributed by atoms with E-state index in [9.17, 15) is 10.1 Å². The van der Waals surface area contributed by atoms with Gasteiger partial charge in [-0.15, -0.1) is 0 Å². The summed E-state index contributed by atoms with van der Waals surface area (Å²) in [6.45, 7) is 6.54. The van der Waals surface area contributed by atoms with Gasteiger partial charge in [0.1, 0.15) is 11.8 Å². The summed E-state index contributed by atoms with van der Waals surface area (Å²) < 4.78 is 5.95. The molecule has 2 fully saturated rings. The molecule has 5 heteroatoms. The molecule has 1 aromatic rings. The molecule has 5 nitrogen and oxygen atoms in total. The van der Waals surface area contributed by atoms with Gasteiger partial charge in [0.05, 0.1) is 18.7 Å². The smallest absolute Gasteiger partial charge is 0.240 e. The second kappa shape index (κ2) is 7.45. The minimum atomic E-state index is -0.247. The molecule has 2 saturated heterocycles. The van der Waals surface area contributed by atoms with Crippen molar-refractivity contribution in [3.63, 3.8) is 0 Å². The molecule has 2 aliphatic rings. The maximum atomic E-state index is 12.7. The summed E-state index contributed by atoms with van der Waals surface area (Å²) in [6, 6.07) is 11.7. The molecule has 25 heavy (non-hydrogen) atoms. The first kappa shape index (κ1) is 17.8. The molecule has 0 radical (unpaired) electrons. The fourth-order valence-corrected chi connectivity index (χ4v) is 3.79. The molecule has 0 unspecified atom stereocenters. The minimum Gasteiger partial charge on any atom is -0.493 e. The van der Waals surface area contributed by atoms with Gasteiger partial charge in [0.15, 0.2) is 0 Å². The van der Waals surface area contributed by atoms with Crippen LogP contribution in [0.1, 0.15) is 33.1 Å². The number of benzene rings is 1. The maximum absolute atomic E-state index is 12.7. The van der Waals surface area contributed by atoms with Crippen molar-refractivity contribution in [1.29, 1.82) is 5.26 Å². The van der Waals surface area contributed by atoms with Gasteiger partial charge in [-0.3, -0.25) is 4.79 Å². The first-order valence-electron chi connectivity index (χ1n) is 9.12. The van der Waals surface area contributed by atoms with Crippen LogP contribution in [0, 0.1) is 22.7 Å². The first-order chi connectivity index (χ1) is 12.0. The molecule has 1 N–H and O–H groups in total. The van der Waals surface area contributed by atoms with Crippen LogP contribution in [0.2, 0.25) is 0 Å². The van der Waals surface area contributed by atoms with Crippen molar-refractivity contribution in [2.45, 2.75) is 45.2 Å². The Kier molecular flexibility index (Phi) is 5.29. The third kappa shape index (κ3) is 3.96. The van der Waals surface area contributed by atoms with Crippen molar-refractivity contribution >= 4 is 5.91 Å². The molecular formula is C20H27N3O2. The summed E-state index contributed by atoms with van der Waals surface area (Å²) in [6.07, 6.45) is 2.53. The zero-order valence-corrected chi connectivity index (χ0v) is 15.1. The molecule has 2 heterocycles. The SMILES string of the molecule is CC(C)(COc1ccccc1)[C@@H]1CN[C@H](C(=O)N2CCC[C@H]2C#N)C1. The molecule has 3 rings (SSSR count). The normalized spacial score (nSPS) is 26.4. The zero-order valence-electron chi connectivity index (χ0n) is 15.1. The van der Waals surface area contributed by atoms with Crippen molar-refractivity contribution in [3.05, 3.63) is 30.3 Å². The van der Waals surface area contributed by atoms with Crippen molar-refractivity contribution in [3.8, 4) is 11.8 Å². The molecular weight excluding hydrogens is 314 g/mol. The molecule has 0 saturated carbocycles. The Bertz CT molecular complexity index is 638. The highest BCUT2D eigenvalue weighted by Gasteiger charge is 2.42. The topological polar surface area (TPSA) is 65.4 Å². The number of amides is 1. The number of carbonyl (C=O) groups is 1. The Morgan fingerprint density at radius 2 is 2.16 bits per heavy atom. The number of nitrogens with zero attached hydrogens (tertiary/aromatic N) is 2. The van der Waals surface area contributed by atoms with Crippen LogP contribution in [-0.4, -0.2) is 42.6 Å². The van der Waals surface area contributed by atoms with Gasteiger partial charge >= 0.3 is 0 Å². The average Bonchev–Trinajstić information content (AvgIpc) is 3.30. The van der Waals surface area contributed by atoms with Crippen molar-refractivity contribution in [2.24, 2.45) is 11.3 Å². The summed E-state index contributed by atoms with van der Waals surface area (Å²) in [7, 11) is 0. The quantitative estimate of drug-likeness (QED) is 0.894. The van der Waals surface area contributed by atoms with Crippen LogP contribution in [0.3, 0.4) is 0 Å². The number of nitrogens with one attached hydrogen (secondary N) is 1. The van der Waals surface area contributed by atoms with Crippen LogP contribution in [0.5, 0.6) is 5.75 Å². The van der Waals surface area contributed by atoms with E-state index < -0.39 is 0 Å². The van der Waals surface area contributed by atoms with Gasteiger partial charge in [-0.2, -0.15) is 5.26 Å². The van der Waals surface area contributed by atoms with E-state index >= 15 is 0 Å². The number of hydrogen-bond acceptors (Lipinski definition) is 4. The van der Waals surface area contributed by atoms with Gasteiger partial charge in [-0.1, -0.05) is 32.0 Å². The largest absolute Gasteiger partial charge is 0.493 e. The predicted molar refractivity (Wildman–Crippen MR) is 96.0 cm³/mol. The second-order valence-corrected chi connectivity index (χ2v) is 7.80. The lowest BCUT2D eigenvalue weighted by Crippen LogP contribution is -2.45. The van der Waals surface area contributed by atoms with Crippen LogP contribution >= 0.6 is 0 Å². The second-order valence-electron chi connectivity index (χ2n) is 7.80. The minimum absolute atomic E-state index is 0.0302. The fourth-order valence-electron chi connectivity index (χ4n) is 3.79. The molecule has 1 aromatic carbocycles. The Balaban J connectivity index is 1.56. The highest BCUT2D eigenvalue weighted by molar-refractivity contribution is 5.83. The number of para-hydroxylation sites is 1. The van der Waals surface area contributed by atoms with Crippen LogP contribution in [-0.2, 0) is 4.79 Å². The van der Waals surface area contributed by atoms with E-state index in [4.69, 9.17) is 4.74 Å². The molecule has 1 amide bonds. The van der Waals surface area contributed by atoms with Gasteiger partial charge in [0.25, 0.3) is 0 Å². The van der Waals surface area contributed by atoms with Crippen LogP contribution in [0.4, 0.5) is 0 Å². The first-order valence-corrected chi connectivity index (χ1v) is 9.12. The van der Waals surface area contributed by atoms with Gasteiger partial charge in [0, 0.05) is 12.0 Å². The standard InChI is InChI=1S/C20H27N3O2/c1-20(2,14-25-17-8-4-3-5-9-17)15-11-18(22-13-15)19(24)23-10-6-7-16(23)12-21/h3-5,8-9,15-16,18,22H,6-7,10-11,13-14H2,1-2H3/t15-,16-,18-/m0/s1. The molecule has 2 aliphatic heterocycles. The van der Waals surface area contributed by atoms with E-state index in [0.717, 1.165) is 31.6 Å². The summed E-state index contributed by atoms with van der Waals surface area (Å²) >= 11 is 0. The van der Waals surface area contributed by atoms with E-state index in [2.05, 4.69) is 25.2 Å². The van der Waals surface area contributed by atoms with Crippen molar-refractivity contribution < 1.29 is 9.53 Å². The Morgan fingerprint density at radius 1 is 1.40 bits per heavy atom. The van der Waals surface area contributed by atoms with E-state index in [-0.39, 0.29) is 23.4 Å². The molecule has 0 spiro atoms. The number of rotatable bonds is 5. The molecule has 0 aliphatic carbocycles. The lowest BCUT2D eigenvalue weighted by molar-refractivity contribution is -0.133. The maximum Gasteiger partial charge on any atom is 0.240 e. The Hall–Kier alpha value is -2.06. The van der Waals surface area contributed by atoms with Gasteiger partial charge in [-0.05, 0) is 43.9 Å². The number of carbonyl (C=O) groups excluding carboxylic acids is 1. The van der Waals surface area contributed by atoms with Gasteiger partial charge in [0.2, 0.25) is 5.91 Å². The monoisotopic (exact) mass is 341 g/mol. The highest BCUT2D eigenvalue weighted by atomic mass is 16.5. The van der Waals surface area contributed by atoms with Crippen molar-refractivity contribution in [1.82, 2.24) is 10.2 Å². The van der Waals surface area contributed by atoms with Gasteiger partial charge < -0.3 is 15.0 Å².